The van der Waals surface area contributed by atoms with E-state index in [2.05, 4.69) is 80.5 Å². The average molecular weight is 671 g/mol. The molecule has 6 atom stereocenters. The highest BCUT2D eigenvalue weighted by molar-refractivity contribution is 7.80. The Hall–Kier alpha value is -1.53. The molecule has 47 heavy (non-hydrogen) atoms. The molecule has 0 heterocycles. The third kappa shape index (κ3) is 12.1. The van der Waals surface area contributed by atoms with Gasteiger partial charge in [0.1, 0.15) is 0 Å². The molecule has 5 heteroatoms. The molecule has 0 amide bonds. The maximum Gasteiger partial charge on any atom is 0.160 e. The highest BCUT2D eigenvalue weighted by atomic mass is 32.2. The molecule has 0 aromatic heterocycles. The van der Waals surface area contributed by atoms with E-state index in [1.807, 2.05) is 26.8 Å². The van der Waals surface area contributed by atoms with Gasteiger partial charge in [0.2, 0.25) is 0 Å². The lowest BCUT2D eigenvalue weighted by Gasteiger charge is -2.39. The largest absolute Gasteiger partial charge is 0.388 e. The Labute approximate surface area is 292 Å². The molecule has 2 rings (SSSR count). The van der Waals surface area contributed by atoms with E-state index in [4.69, 9.17) is 0 Å². The summed E-state index contributed by atoms with van der Waals surface area (Å²) < 4.78 is 22.3. The zero-order valence-corrected chi connectivity index (χ0v) is 32.9. The van der Waals surface area contributed by atoms with Crippen LogP contribution in [0.3, 0.4) is 0 Å². The molecule has 6 unspecified atom stereocenters. The zero-order chi connectivity index (χ0) is 35.7. The van der Waals surface area contributed by atoms with Gasteiger partial charge in [-0.15, -0.1) is 0 Å². The molecule has 2 aliphatic carbocycles. The van der Waals surface area contributed by atoms with Crippen molar-refractivity contribution in [3.8, 4) is 0 Å². The first-order chi connectivity index (χ1) is 21.8. The van der Waals surface area contributed by atoms with E-state index in [1.165, 1.54) is 53.5 Å². The van der Waals surface area contributed by atoms with Crippen LogP contribution in [0.2, 0.25) is 0 Å². The third-order valence-corrected chi connectivity index (χ3v) is 12.2. The Morgan fingerprint density at radius 3 is 1.53 bits per heavy atom. The number of hydrogen-bond donors (Lipinski definition) is 3. The molecule has 0 saturated carbocycles. The molecule has 0 spiro atoms. The van der Waals surface area contributed by atoms with Crippen LogP contribution in [0.25, 0.3) is 0 Å². The number of hydrogen-bond acceptors (Lipinski definition) is 3. The Bertz CT molecular complexity index is 1270. The zero-order valence-electron chi connectivity index (χ0n) is 32.1. The molecule has 0 radical (unpaired) electrons. The van der Waals surface area contributed by atoms with Gasteiger partial charge in [0, 0.05) is 11.8 Å². The minimum absolute atomic E-state index is 0.0957. The fourth-order valence-corrected chi connectivity index (χ4v) is 9.33. The second-order valence-electron chi connectivity index (χ2n) is 16.4. The van der Waals surface area contributed by atoms with Crippen LogP contribution in [-0.4, -0.2) is 36.4 Å². The highest BCUT2D eigenvalue weighted by Gasteiger charge is 2.36. The summed E-state index contributed by atoms with van der Waals surface area (Å²) in [5.41, 5.74) is 10.3. The Morgan fingerprint density at radius 2 is 1.15 bits per heavy atom. The molecule has 0 bridgehead atoms. The van der Waals surface area contributed by atoms with Gasteiger partial charge in [-0.1, -0.05) is 99.3 Å². The Balaban J connectivity index is 1.94. The summed E-state index contributed by atoms with van der Waals surface area (Å²) in [6.45, 7) is 26.2. The SMILES string of the molecule is CC1=C(C(C)C(O)/C(C)=C/CC/C(C)=C/CC(/C=C(\C)CC/C=C(\C)C(O)C(C)C2=C(C)CCCC2(C)C)S(=O)O)C(C)(C)CCC1. The van der Waals surface area contributed by atoms with Crippen molar-refractivity contribution in [2.24, 2.45) is 22.7 Å². The number of allylic oxidation sites excluding steroid dienone is 7. The molecule has 0 aromatic rings. The lowest BCUT2D eigenvalue weighted by atomic mass is 9.67. The van der Waals surface area contributed by atoms with Crippen LogP contribution in [-0.2, 0) is 11.1 Å². The summed E-state index contributed by atoms with van der Waals surface area (Å²) in [6, 6.07) is 0. The summed E-state index contributed by atoms with van der Waals surface area (Å²) in [4.78, 5) is 0. The van der Waals surface area contributed by atoms with Crippen LogP contribution in [0.4, 0.5) is 0 Å². The van der Waals surface area contributed by atoms with Crippen LogP contribution in [0.15, 0.2) is 68.9 Å². The minimum atomic E-state index is -1.95. The van der Waals surface area contributed by atoms with Crippen molar-refractivity contribution in [1.82, 2.24) is 0 Å². The molecule has 4 nitrogen and oxygen atoms in total. The number of aliphatic hydroxyl groups excluding tert-OH is 2. The van der Waals surface area contributed by atoms with Crippen LogP contribution < -0.4 is 0 Å². The molecule has 268 valence electrons. The standard InChI is InChI=1S/C42H70O4S/c1-28(17-13-19-32(5)39(43)34(7)37-30(3)21-15-25-41(37,9)10)23-24-36(47(45)46)27-29(2)18-14-20-33(6)40(44)35(8)38-31(4)22-16-26-42(38,11)12/h19-20,23,27,34-36,39-40,43-44H,13-18,21-22,24-26H2,1-12H3,(H,45,46)/b28-23+,29-27+,32-19+,33-20+. The van der Waals surface area contributed by atoms with E-state index in [1.54, 1.807) is 0 Å². The molecule has 0 aliphatic heterocycles. The van der Waals surface area contributed by atoms with Crippen molar-refractivity contribution in [3.05, 3.63) is 68.9 Å². The van der Waals surface area contributed by atoms with Crippen LogP contribution in [0, 0.1) is 22.7 Å². The van der Waals surface area contributed by atoms with Crippen molar-refractivity contribution in [2.45, 2.75) is 171 Å². The third-order valence-electron chi connectivity index (χ3n) is 11.3. The normalized spacial score (nSPS) is 23.8. The van der Waals surface area contributed by atoms with Crippen molar-refractivity contribution >= 4 is 11.1 Å². The van der Waals surface area contributed by atoms with Gasteiger partial charge in [0.05, 0.1) is 17.5 Å². The molecule has 0 fully saturated rings. The predicted molar refractivity (Wildman–Crippen MR) is 204 cm³/mol. The lowest BCUT2D eigenvalue weighted by molar-refractivity contribution is 0.148. The highest BCUT2D eigenvalue weighted by Crippen LogP contribution is 2.46. The summed E-state index contributed by atoms with van der Waals surface area (Å²) >= 11 is -1.95. The molecule has 3 N–H and O–H groups in total. The van der Waals surface area contributed by atoms with Gasteiger partial charge in [-0.25, -0.2) is 4.21 Å². The monoisotopic (exact) mass is 670 g/mol. The maximum absolute atomic E-state index is 12.2. The maximum atomic E-state index is 12.2. The fraction of sp³-hybridized carbons (Fsp3) is 0.714. The van der Waals surface area contributed by atoms with Crippen LogP contribution in [0.5, 0.6) is 0 Å². The molecule has 2 aliphatic rings. The molecular weight excluding hydrogens is 601 g/mol. The molecular formula is C42H70O4S. The second kappa shape index (κ2) is 18.5. The first kappa shape index (κ1) is 41.6. The molecule has 0 saturated heterocycles. The van der Waals surface area contributed by atoms with Crippen LogP contribution in [0.1, 0.15) is 154 Å². The lowest BCUT2D eigenvalue weighted by Crippen LogP contribution is -2.31. The minimum Gasteiger partial charge on any atom is -0.388 e. The van der Waals surface area contributed by atoms with E-state index < -0.39 is 28.5 Å². The summed E-state index contributed by atoms with van der Waals surface area (Å²) in [7, 11) is 0. The summed E-state index contributed by atoms with van der Waals surface area (Å²) in [6.07, 6.45) is 18.2. The molecule has 0 aromatic carbocycles. The fourth-order valence-electron chi connectivity index (χ4n) is 8.72. The van der Waals surface area contributed by atoms with Crippen molar-refractivity contribution in [2.75, 3.05) is 0 Å². The first-order valence-corrected chi connectivity index (χ1v) is 19.5. The topological polar surface area (TPSA) is 77.8 Å². The summed E-state index contributed by atoms with van der Waals surface area (Å²) in [5.74, 6) is 0.204. The second-order valence-corrected chi connectivity index (χ2v) is 17.6. The predicted octanol–water partition coefficient (Wildman–Crippen LogP) is 11.4. The van der Waals surface area contributed by atoms with Gasteiger partial charge >= 0.3 is 0 Å². The van der Waals surface area contributed by atoms with Crippen molar-refractivity contribution in [1.29, 1.82) is 0 Å². The van der Waals surface area contributed by atoms with E-state index in [0.717, 1.165) is 55.2 Å². The Kier molecular flexibility index (Phi) is 16.4. The van der Waals surface area contributed by atoms with Crippen molar-refractivity contribution < 1.29 is 19.0 Å². The van der Waals surface area contributed by atoms with E-state index in [0.29, 0.717) is 6.42 Å². The van der Waals surface area contributed by atoms with E-state index in [9.17, 15) is 19.0 Å². The average Bonchev–Trinajstić information content (AvgIpc) is 2.96. The van der Waals surface area contributed by atoms with Gasteiger partial charge in [-0.2, -0.15) is 0 Å². The van der Waals surface area contributed by atoms with Gasteiger partial charge in [0.25, 0.3) is 0 Å². The van der Waals surface area contributed by atoms with Gasteiger partial charge < -0.3 is 14.8 Å². The number of rotatable bonds is 16. The van der Waals surface area contributed by atoms with Gasteiger partial charge in [0.15, 0.2) is 11.1 Å². The van der Waals surface area contributed by atoms with Gasteiger partial charge in [-0.3, -0.25) is 0 Å². The van der Waals surface area contributed by atoms with E-state index in [-0.39, 0.29) is 22.7 Å². The van der Waals surface area contributed by atoms with E-state index >= 15 is 0 Å². The number of aliphatic hydroxyl groups is 2. The smallest absolute Gasteiger partial charge is 0.160 e. The quantitative estimate of drug-likeness (QED) is 0.113. The van der Waals surface area contributed by atoms with Crippen LogP contribution >= 0.6 is 0 Å². The summed E-state index contributed by atoms with van der Waals surface area (Å²) in [5, 5.41) is 22.0. The Morgan fingerprint density at radius 1 is 0.745 bits per heavy atom. The van der Waals surface area contributed by atoms with Gasteiger partial charge in [-0.05, 0) is 134 Å². The van der Waals surface area contributed by atoms with Crippen molar-refractivity contribution in [3.63, 3.8) is 0 Å². The first-order valence-electron chi connectivity index (χ1n) is 18.3.